The minimum atomic E-state index is -0.0497. The fraction of sp³-hybridized carbons (Fsp3) is 0.350. The van der Waals surface area contributed by atoms with Crippen LogP contribution >= 0.6 is 0 Å². The molecule has 1 saturated heterocycles. The summed E-state index contributed by atoms with van der Waals surface area (Å²) in [6.45, 7) is 2.96. The molecule has 1 amide bonds. The largest absolute Gasteiger partial charge is 0.497 e. The van der Waals surface area contributed by atoms with Gasteiger partial charge in [0.1, 0.15) is 5.75 Å². The van der Waals surface area contributed by atoms with Crippen LogP contribution in [0.3, 0.4) is 0 Å². The van der Waals surface area contributed by atoms with Gasteiger partial charge in [-0.2, -0.15) is 0 Å². The van der Waals surface area contributed by atoms with Crippen LogP contribution < -0.4 is 15.0 Å². The van der Waals surface area contributed by atoms with Gasteiger partial charge in [0.05, 0.1) is 7.11 Å². The first-order valence-corrected chi connectivity index (χ1v) is 8.52. The van der Waals surface area contributed by atoms with E-state index in [1.807, 2.05) is 0 Å². The van der Waals surface area contributed by atoms with Gasteiger partial charge in [0, 0.05) is 30.9 Å². The summed E-state index contributed by atoms with van der Waals surface area (Å²) in [5.74, 6) is 0.705. The van der Waals surface area contributed by atoms with Crippen molar-refractivity contribution in [2.24, 2.45) is 0 Å². The normalized spacial score (nSPS) is 13.8. The number of carbonyl (C=O) groups is 1. The second-order valence-corrected chi connectivity index (χ2v) is 6.10. The highest BCUT2D eigenvalue weighted by Crippen LogP contribution is 2.20. The first-order valence-electron chi connectivity index (χ1n) is 8.52. The van der Waals surface area contributed by atoms with Crippen molar-refractivity contribution >= 4 is 11.6 Å². The van der Waals surface area contributed by atoms with E-state index in [1.54, 1.807) is 31.4 Å². The summed E-state index contributed by atoms with van der Waals surface area (Å²) in [5.41, 5.74) is 3.20. The Bertz CT molecular complexity index is 659. The fourth-order valence-electron chi connectivity index (χ4n) is 3.01. The Morgan fingerprint density at radius 1 is 1.04 bits per heavy atom. The Hall–Kier alpha value is -2.49. The van der Waals surface area contributed by atoms with Crippen LogP contribution in [0.15, 0.2) is 48.5 Å². The molecule has 1 aliphatic heterocycles. The number of carbonyl (C=O) groups excluding carboxylic acids is 1. The van der Waals surface area contributed by atoms with Crippen molar-refractivity contribution in [1.29, 1.82) is 0 Å². The zero-order valence-corrected chi connectivity index (χ0v) is 14.1. The van der Waals surface area contributed by atoms with Crippen molar-refractivity contribution in [2.75, 3.05) is 31.6 Å². The van der Waals surface area contributed by atoms with Gasteiger partial charge in [0.25, 0.3) is 5.91 Å². The standard InChI is InChI=1S/C20H24N2O2/c1-24-19-10-6-17(7-11-19)20(23)21-13-12-16-4-8-18(9-5-16)22-14-2-3-15-22/h4-11H,2-3,12-15H2,1H3,(H,21,23). The first-order chi connectivity index (χ1) is 11.8. The molecule has 1 N–H and O–H groups in total. The van der Waals surface area contributed by atoms with E-state index < -0.39 is 0 Å². The summed E-state index contributed by atoms with van der Waals surface area (Å²) in [6.07, 6.45) is 3.42. The summed E-state index contributed by atoms with van der Waals surface area (Å²) < 4.78 is 5.10. The maximum absolute atomic E-state index is 12.1. The van der Waals surface area contributed by atoms with Gasteiger partial charge in [0.2, 0.25) is 0 Å². The van der Waals surface area contributed by atoms with Crippen molar-refractivity contribution < 1.29 is 9.53 Å². The van der Waals surface area contributed by atoms with E-state index in [9.17, 15) is 4.79 Å². The molecule has 2 aromatic rings. The van der Waals surface area contributed by atoms with Crippen LogP contribution in [0.4, 0.5) is 5.69 Å². The maximum atomic E-state index is 12.1. The van der Waals surface area contributed by atoms with Gasteiger partial charge < -0.3 is 15.0 Å². The monoisotopic (exact) mass is 324 g/mol. The first kappa shape index (κ1) is 16.4. The molecule has 0 aliphatic carbocycles. The lowest BCUT2D eigenvalue weighted by molar-refractivity contribution is 0.0954. The highest BCUT2D eigenvalue weighted by Gasteiger charge is 2.11. The number of nitrogens with zero attached hydrogens (tertiary/aromatic N) is 1. The summed E-state index contributed by atoms with van der Waals surface area (Å²) in [5, 5.41) is 2.96. The zero-order chi connectivity index (χ0) is 16.8. The van der Waals surface area contributed by atoms with Crippen molar-refractivity contribution in [1.82, 2.24) is 5.32 Å². The quantitative estimate of drug-likeness (QED) is 0.887. The molecule has 126 valence electrons. The number of hydrogen-bond acceptors (Lipinski definition) is 3. The molecule has 2 aromatic carbocycles. The molecular weight excluding hydrogens is 300 g/mol. The van der Waals surface area contributed by atoms with Gasteiger partial charge in [-0.05, 0) is 61.2 Å². The Balaban J connectivity index is 1.47. The molecule has 0 bridgehead atoms. The van der Waals surface area contributed by atoms with Gasteiger partial charge in [-0.1, -0.05) is 12.1 Å². The van der Waals surface area contributed by atoms with Crippen LogP contribution in [-0.2, 0) is 6.42 Å². The van der Waals surface area contributed by atoms with Gasteiger partial charge in [-0.3, -0.25) is 4.79 Å². The summed E-state index contributed by atoms with van der Waals surface area (Å²) >= 11 is 0. The molecule has 1 aliphatic rings. The van der Waals surface area contributed by atoms with Crippen molar-refractivity contribution in [3.05, 3.63) is 59.7 Å². The third-order valence-electron chi connectivity index (χ3n) is 4.46. The van der Waals surface area contributed by atoms with Gasteiger partial charge in [-0.25, -0.2) is 0 Å². The molecule has 4 nitrogen and oxygen atoms in total. The average Bonchev–Trinajstić information content (AvgIpc) is 3.17. The number of rotatable bonds is 6. The molecule has 1 heterocycles. The molecule has 0 saturated carbocycles. The van der Waals surface area contributed by atoms with Gasteiger partial charge in [-0.15, -0.1) is 0 Å². The number of anilines is 1. The third-order valence-corrected chi connectivity index (χ3v) is 4.46. The van der Waals surface area contributed by atoms with E-state index in [4.69, 9.17) is 4.74 Å². The van der Waals surface area contributed by atoms with Crippen LogP contribution in [0, 0.1) is 0 Å². The molecule has 0 spiro atoms. The smallest absolute Gasteiger partial charge is 0.251 e. The van der Waals surface area contributed by atoms with E-state index in [0.717, 1.165) is 25.3 Å². The number of ether oxygens (including phenoxy) is 1. The highest BCUT2D eigenvalue weighted by atomic mass is 16.5. The zero-order valence-electron chi connectivity index (χ0n) is 14.1. The third kappa shape index (κ3) is 4.07. The topological polar surface area (TPSA) is 41.6 Å². The lowest BCUT2D eigenvalue weighted by atomic mass is 10.1. The predicted octanol–water partition coefficient (Wildman–Crippen LogP) is 3.27. The molecule has 4 heteroatoms. The summed E-state index contributed by atoms with van der Waals surface area (Å²) in [6, 6.07) is 15.8. The minimum Gasteiger partial charge on any atom is -0.497 e. The molecular formula is C20H24N2O2. The summed E-state index contributed by atoms with van der Waals surface area (Å²) in [7, 11) is 1.62. The molecule has 24 heavy (non-hydrogen) atoms. The SMILES string of the molecule is COc1ccc(C(=O)NCCc2ccc(N3CCCC3)cc2)cc1. The predicted molar refractivity (Wildman–Crippen MR) is 96.9 cm³/mol. The second-order valence-electron chi connectivity index (χ2n) is 6.10. The van der Waals surface area contributed by atoms with Gasteiger partial charge >= 0.3 is 0 Å². The lowest BCUT2D eigenvalue weighted by Gasteiger charge is -2.17. The average molecular weight is 324 g/mol. The Morgan fingerprint density at radius 2 is 1.71 bits per heavy atom. The molecule has 0 atom stereocenters. The molecule has 0 aromatic heterocycles. The lowest BCUT2D eigenvalue weighted by Crippen LogP contribution is -2.25. The van der Waals surface area contributed by atoms with Crippen molar-refractivity contribution in [2.45, 2.75) is 19.3 Å². The molecule has 0 radical (unpaired) electrons. The molecule has 3 rings (SSSR count). The van der Waals surface area contributed by atoms with Crippen LogP contribution in [-0.4, -0.2) is 32.7 Å². The van der Waals surface area contributed by atoms with E-state index in [-0.39, 0.29) is 5.91 Å². The minimum absolute atomic E-state index is 0.0497. The van der Waals surface area contributed by atoms with E-state index in [0.29, 0.717) is 12.1 Å². The van der Waals surface area contributed by atoms with Crippen LogP contribution in [0.2, 0.25) is 0 Å². The number of benzene rings is 2. The number of amides is 1. The van der Waals surface area contributed by atoms with Crippen LogP contribution in [0.25, 0.3) is 0 Å². The van der Waals surface area contributed by atoms with Crippen molar-refractivity contribution in [3.63, 3.8) is 0 Å². The van der Waals surface area contributed by atoms with E-state index in [1.165, 1.54) is 24.1 Å². The second kappa shape index (κ2) is 7.86. The van der Waals surface area contributed by atoms with Gasteiger partial charge in [0.15, 0.2) is 0 Å². The van der Waals surface area contributed by atoms with E-state index in [2.05, 4.69) is 34.5 Å². The van der Waals surface area contributed by atoms with Crippen LogP contribution in [0.5, 0.6) is 5.75 Å². The van der Waals surface area contributed by atoms with Crippen LogP contribution in [0.1, 0.15) is 28.8 Å². The molecule has 0 unspecified atom stereocenters. The number of nitrogens with one attached hydrogen (secondary N) is 1. The number of methoxy groups -OCH3 is 1. The number of hydrogen-bond donors (Lipinski definition) is 1. The van der Waals surface area contributed by atoms with E-state index >= 15 is 0 Å². The Kier molecular flexibility index (Phi) is 5.36. The molecule has 1 fully saturated rings. The Labute approximate surface area is 143 Å². The Morgan fingerprint density at radius 3 is 2.33 bits per heavy atom. The summed E-state index contributed by atoms with van der Waals surface area (Å²) in [4.78, 5) is 14.5. The highest BCUT2D eigenvalue weighted by molar-refractivity contribution is 5.94. The maximum Gasteiger partial charge on any atom is 0.251 e. The fourth-order valence-corrected chi connectivity index (χ4v) is 3.01. The van der Waals surface area contributed by atoms with Crippen molar-refractivity contribution in [3.8, 4) is 5.75 Å².